The molecule has 0 aliphatic heterocycles. The minimum absolute atomic E-state index is 0.00685. The number of benzene rings is 5. The number of sulfonamides is 2. The predicted octanol–water partition coefficient (Wildman–Crippen LogP) is 6.76. The average Bonchev–Trinajstić information content (AvgIpc) is 3.00. The van der Waals surface area contributed by atoms with Crippen LogP contribution in [-0.4, -0.2) is 23.9 Å². The number of nitrogens with one attached hydrogen (secondary N) is 2. The van der Waals surface area contributed by atoms with Gasteiger partial charge in [-0.2, -0.15) is 0 Å². The maximum Gasteiger partial charge on any atom is 0.265 e. The number of anilines is 2. The van der Waals surface area contributed by atoms with Gasteiger partial charge in [0.25, 0.3) is 20.0 Å². The Morgan fingerprint density at radius 1 is 0.591 bits per heavy atom. The first-order chi connectivity index (χ1) is 21.0. The number of methoxy groups -OCH3 is 1. The Balaban J connectivity index is 1.48. The van der Waals surface area contributed by atoms with Crippen LogP contribution in [0.1, 0.15) is 22.3 Å². The first kappa shape index (κ1) is 30.7. The minimum atomic E-state index is -4.49. The van der Waals surface area contributed by atoms with Gasteiger partial charge in [-0.05, 0) is 77.6 Å². The molecule has 0 saturated heterocycles. The summed E-state index contributed by atoms with van der Waals surface area (Å²) >= 11 is 0. The maximum absolute atomic E-state index is 14.3. The van der Waals surface area contributed by atoms with E-state index in [-0.39, 0.29) is 17.1 Å². The molecule has 5 aromatic rings. The zero-order valence-corrected chi connectivity index (χ0v) is 25.1. The number of ether oxygens (including phenoxy) is 1. The molecule has 0 saturated carbocycles. The third-order valence-corrected chi connectivity index (χ3v) is 9.59. The fraction of sp³-hybridized carbons (Fsp3) is 0.0909. The summed E-state index contributed by atoms with van der Waals surface area (Å²) in [7, 11) is -7.66. The van der Waals surface area contributed by atoms with Gasteiger partial charge in [-0.15, -0.1) is 0 Å². The van der Waals surface area contributed by atoms with Crippen molar-refractivity contribution in [2.45, 2.75) is 22.6 Å². The molecular formula is C33H28F2N2O5S2. The Hall–Kier alpha value is -4.74. The smallest absolute Gasteiger partial charge is 0.265 e. The van der Waals surface area contributed by atoms with Crippen molar-refractivity contribution in [1.82, 2.24) is 0 Å². The topological polar surface area (TPSA) is 102 Å². The van der Waals surface area contributed by atoms with E-state index >= 15 is 0 Å². The highest BCUT2D eigenvalue weighted by Crippen LogP contribution is 2.32. The van der Waals surface area contributed by atoms with E-state index in [0.29, 0.717) is 24.0 Å². The zero-order chi connectivity index (χ0) is 31.3. The summed E-state index contributed by atoms with van der Waals surface area (Å²) in [6, 6.07) is 29.4. The summed E-state index contributed by atoms with van der Waals surface area (Å²) < 4.78 is 92.9. The van der Waals surface area contributed by atoms with Crippen molar-refractivity contribution in [2.75, 3.05) is 16.6 Å². The summed E-state index contributed by atoms with van der Waals surface area (Å²) in [5.41, 5.74) is 2.78. The Bertz CT molecular complexity index is 2010. The lowest BCUT2D eigenvalue weighted by atomic mass is 10.0. The van der Waals surface area contributed by atoms with Crippen molar-refractivity contribution in [1.29, 1.82) is 0 Å². The second-order valence-electron chi connectivity index (χ2n) is 9.95. The molecular weight excluding hydrogens is 607 g/mol. The lowest BCUT2D eigenvalue weighted by Gasteiger charge is -2.17. The van der Waals surface area contributed by atoms with E-state index in [1.54, 1.807) is 0 Å². The van der Waals surface area contributed by atoms with Gasteiger partial charge in [-0.1, -0.05) is 72.8 Å². The molecule has 0 amide bonds. The molecule has 0 aliphatic carbocycles. The van der Waals surface area contributed by atoms with Crippen LogP contribution in [-0.2, 0) is 32.9 Å². The molecule has 0 heterocycles. The van der Waals surface area contributed by atoms with Crippen molar-refractivity contribution in [3.8, 4) is 5.75 Å². The highest BCUT2D eigenvalue weighted by atomic mass is 32.2. The van der Waals surface area contributed by atoms with E-state index < -0.39 is 41.5 Å². The van der Waals surface area contributed by atoms with Gasteiger partial charge in [0.2, 0.25) is 0 Å². The van der Waals surface area contributed by atoms with Gasteiger partial charge in [0.05, 0.1) is 23.4 Å². The molecule has 0 radical (unpaired) electrons. The highest BCUT2D eigenvalue weighted by molar-refractivity contribution is 7.93. The molecule has 226 valence electrons. The molecule has 0 spiro atoms. The number of hydrogen-bond donors (Lipinski definition) is 2. The molecule has 44 heavy (non-hydrogen) atoms. The van der Waals surface area contributed by atoms with Crippen LogP contribution in [0.25, 0.3) is 0 Å². The van der Waals surface area contributed by atoms with Gasteiger partial charge in [0.1, 0.15) is 22.3 Å². The summed E-state index contributed by atoms with van der Waals surface area (Å²) in [4.78, 5) is -0.890. The largest absolute Gasteiger partial charge is 0.495 e. The van der Waals surface area contributed by atoms with E-state index in [1.165, 1.54) is 43.5 Å². The van der Waals surface area contributed by atoms with E-state index in [9.17, 15) is 25.6 Å². The van der Waals surface area contributed by atoms with Crippen LogP contribution >= 0.6 is 0 Å². The molecule has 0 unspecified atom stereocenters. The van der Waals surface area contributed by atoms with Crippen molar-refractivity contribution in [3.63, 3.8) is 0 Å². The van der Waals surface area contributed by atoms with Gasteiger partial charge >= 0.3 is 0 Å². The fourth-order valence-corrected chi connectivity index (χ4v) is 7.14. The van der Waals surface area contributed by atoms with Gasteiger partial charge in [-0.25, -0.2) is 25.6 Å². The maximum atomic E-state index is 14.3. The highest BCUT2D eigenvalue weighted by Gasteiger charge is 2.26. The quantitative estimate of drug-likeness (QED) is 0.167. The second kappa shape index (κ2) is 12.9. The monoisotopic (exact) mass is 634 g/mol. The van der Waals surface area contributed by atoms with Crippen LogP contribution < -0.4 is 14.2 Å². The van der Waals surface area contributed by atoms with E-state index in [4.69, 9.17) is 4.74 Å². The van der Waals surface area contributed by atoms with E-state index in [1.807, 2.05) is 60.7 Å². The number of hydrogen-bond acceptors (Lipinski definition) is 5. The Labute approximate surface area is 255 Å². The Morgan fingerprint density at radius 3 is 1.55 bits per heavy atom. The zero-order valence-electron chi connectivity index (χ0n) is 23.5. The van der Waals surface area contributed by atoms with Crippen LogP contribution in [0.2, 0.25) is 0 Å². The fourth-order valence-electron chi connectivity index (χ4n) is 4.66. The van der Waals surface area contributed by atoms with Crippen molar-refractivity contribution < 1.29 is 30.4 Å². The Kier molecular flexibility index (Phi) is 8.98. The van der Waals surface area contributed by atoms with E-state index in [2.05, 4.69) is 9.44 Å². The van der Waals surface area contributed by atoms with Crippen LogP contribution in [0.4, 0.5) is 20.2 Å². The van der Waals surface area contributed by atoms with Gasteiger partial charge < -0.3 is 4.74 Å². The van der Waals surface area contributed by atoms with Gasteiger partial charge in [-0.3, -0.25) is 9.44 Å². The molecule has 11 heteroatoms. The molecule has 2 N–H and O–H groups in total. The Morgan fingerprint density at radius 2 is 1.07 bits per heavy atom. The predicted molar refractivity (Wildman–Crippen MR) is 166 cm³/mol. The van der Waals surface area contributed by atoms with Crippen LogP contribution in [0, 0.1) is 11.6 Å². The number of rotatable bonds is 11. The normalized spacial score (nSPS) is 11.6. The second-order valence-corrected chi connectivity index (χ2v) is 13.3. The SMILES string of the molecule is COc1ccc(S(=O)(=O)Nc2cc(F)ccc2Cc2ccccc2)cc1S(=O)(=O)Nc1cc(F)ccc1Cc1ccccc1. The molecule has 0 aromatic heterocycles. The summed E-state index contributed by atoms with van der Waals surface area (Å²) in [6.07, 6.45) is 0.636. The molecule has 7 nitrogen and oxygen atoms in total. The van der Waals surface area contributed by atoms with Crippen LogP contribution in [0.5, 0.6) is 5.75 Å². The lowest BCUT2D eigenvalue weighted by Crippen LogP contribution is -2.18. The third kappa shape index (κ3) is 7.24. The first-order valence-electron chi connectivity index (χ1n) is 13.4. The van der Waals surface area contributed by atoms with Gasteiger partial charge in [0, 0.05) is 0 Å². The van der Waals surface area contributed by atoms with Crippen molar-refractivity contribution in [2.24, 2.45) is 0 Å². The lowest BCUT2D eigenvalue weighted by molar-refractivity contribution is 0.402. The van der Waals surface area contributed by atoms with Gasteiger partial charge in [0.15, 0.2) is 0 Å². The summed E-state index contributed by atoms with van der Waals surface area (Å²) in [5, 5.41) is 0. The molecule has 0 fully saturated rings. The minimum Gasteiger partial charge on any atom is -0.495 e. The van der Waals surface area contributed by atoms with Crippen molar-refractivity contribution >= 4 is 31.4 Å². The van der Waals surface area contributed by atoms with Crippen LogP contribution in [0.3, 0.4) is 0 Å². The van der Waals surface area contributed by atoms with E-state index in [0.717, 1.165) is 29.3 Å². The number of halogens is 2. The van der Waals surface area contributed by atoms with Crippen LogP contribution in [0.15, 0.2) is 125 Å². The standard InChI is InChI=1S/C33H28F2N2O5S2/c1-42-32-17-16-29(43(38,39)36-30-20-27(34)14-12-25(30)18-23-8-4-2-5-9-23)22-33(32)44(40,41)37-31-21-28(35)15-13-26(31)19-24-10-6-3-7-11-24/h2-17,20-22,36-37H,18-19H2,1H3. The summed E-state index contributed by atoms with van der Waals surface area (Å²) in [5.74, 6) is -1.44. The average molecular weight is 635 g/mol. The van der Waals surface area contributed by atoms with Crippen molar-refractivity contribution in [3.05, 3.63) is 149 Å². The molecule has 5 rings (SSSR count). The first-order valence-corrected chi connectivity index (χ1v) is 16.4. The molecule has 0 bridgehead atoms. The molecule has 0 aliphatic rings. The summed E-state index contributed by atoms with van der Waals surface area (Å²) in [6.45, 7) is 0. The molecule has 0 atom stereocenters. The third-order valence-electron chi connectivity index (χ3n) is 6.84. The molecule has 5 aromatic carbocycles.